The van der Waals surface area contributed by atoms with Crippen molar-refractivity contribution in [3.05, 3.63) is 181 Å². The lowest BCUT2D eigenvalue weighted by molar-refractivity contribution is 0.660. The Morgan fingerprint density at radius 2 is 0.796 bits per heavy atom. The third-order valence-corrected chi connectivity index (χ3v) is 11.0. The molecule has 0 heterocycles. The normalized spacial score (nSPS) is 13.3. The molecular formula is C49H34. The summed E-state index contributed by atoms with van der Waals surface area (Å²) in [6, 6.07) is 63.1. The Balaban J connectivity index is 1.16. The van der Waals surface area contributed by atoms with Gasteiger partial charge in [-0.1, -0.05) is 172 Å². The van der Waals surface area contributed by atoms with E-state index in [0.29, 0.717) is 0 Å². The highest BCUT2D eigenvalue weighted by molar-refractivity contribution is 6.23. The number of benzene rings is 9. The SMILES string of the molecule is CC1(C)c2ccccc2-c2c(-c3ccc4cc(-c5c6ccccc6c(-c6cccc7ccccc67)c6ccccc56)ccc4c3)cccc21. The standard InChI is InChI=1S/C49H34/c1-49(2)44-23-10-9-20-43(44)48-37(21-12-24-45(48)49)34-27-25-33-30-35(28-26-32(33)29-34)46-39-16-5-7-18-41(39)47(42-19-8-6-17-40(42)46)38-22-11-14-31-13-3-4-15-36(31)38/h3-30H,1-2H3. The van der Waals surface area contributed by atoms with Gasteiger partial charge in [-0.2, -0.15) is 0 Å². The summed E-state index contributed by atoms with van der Waals surface area (Å²) in [6.07, 6.45) is 0. The quantitative estimate of drug-likeness (QED) is 0.172. The number of fused-ring (bicyclic) bond motifs is 7. The molecule has 0 fully saturated rings. The minimum absolute atomic E-state index is 0.0115. The van der Waals surface area contributed by atoms with Crippen molar-refractivity contribution < 1.29 is 0 Å². The molecule has 0 atom stereocenters. The summed E-state index contributed by atoms with van der Waals surface area (Å²) in [4.78, 5) is 0. The number of hydrogen-bond donors (Lipinski definition) is 0. The van der Waals surface area contributed by atoms with E-state index in [-0.39, 0.29) is 5.41 Å². The Hall–Kier alpha value is -5.98. The summed E-state index contributed by atoms with van der Waals surface area (Å²) in [5, 5.41) is 10.2. The monoisotopic (exact) mass is 622 g/mol. The minimum Gasteiger partial charge on any atom is -0.0619 e. The van der Waals surface area contributed by atoms with Crippen molar-refractivity contribution in [1.82, 2.24) is 0 Å². The van der Waals surface area contributed by atoms with E-state index in [0.717, 1.165) is 0 Å². The Bertz CT molecular complexity index is 2730. The molecule has 0 N–H and O–H groups in total. The fourth-order valence-electron chi connectivity index (χ4n) is 8.74. The molecule has 0 spiro atoms. The maximum Gasteiger partial charge on any atom is 0.0159 e. The lowest BCUT2D eigenvalue weighted by atomic mass is 9.82. The summed E-state index contributed by atoms with van der Waals surface area (Å²) in [7, 11) is 0. The van der Waals surface area contributed by atoms with E-state index < -0.39 is 0 Å². The lowest BCUT2D eigenvalue weighted by Gasteiger charge is -2.21. The molecular weight excluding hydrogens is 589 g/mol. The van der Waals surface area contributed by atoms with Crippen LogP contribution in [0.15, 0.2) is 170 Å². The molecule has 9 aromatic carbocycles. The highest BCUT2D eigenvalue weighted by Crippen LogP contribution is 2.52. The molecule has 10 rings (SSSR count). The lowest BCUT2D eigenvalue weighted by Crippen LogP contribution is -2.14. The molecule has 0 nitrogen and oxygen atoms in total. The van der Waals surface area contributed by atoms with Crippen LogP contribution in [0.1, 0.15) is 25.0 Å². The zero-order chi connectivity index (χ0) is 32.7. The Kier molecular flexibility index (Phi) is 6.02. The first-order valence-electron chi connectivity index (χ1n) is 17.3. The summed E-state index contributed by atoms with van der Waals surface area (Å²) in [5.41, 5.74) is 13.2. The second kappa shape index (κ2) is 10.5. The van der Waals surface area contributed by atoms with E-state index in [9.17, 15) is 0 Å². The average Bonchev–Trinajstić information content (AvgIpc) is 3.39. The highest BCUT2D eigenvalue weighted by atomic mass is 14.4. The molecule has 1 aliphatic rings. The summed E-state index contributed by atoms with van der Waals surface area (Å²) in [5.74, 6) is 0. The van der Waals surface area contributed by atoms with Gasteiger partial charge in [0.15, 0.2) is 0 Å². The van der Waals surface area contributed by atoms with Crippen LogP contribution in [0.4, 0.5) is 0 Å². The molecule has 0 saturated heterocycles. The van der Waals surface area contributed by atoms with Crippen molar-refractivity contribution >= 4 is 43.1 Å². The van der Waals surface area contributed by atoms with Crippen molar-refractivity contribution in [1.29, 1.82) is 0 Å². The van der Waals surface area contributed by atoms with Gasteiger partial charge in [-0.25, -0.2) is 0 Å². The van der Waals surface area contributed by atoms with Gasteiger partial charge in [0.25, 0.3) is 0 Å². The van der Waals surface area contributed by atoms with Gasteiger partial charge >= 0.3 is 0 Å². The Morgan fingerprint density at radius 1 is 0.306 bits per heavy atom. The molecule has 230 valence electrons. The zero-order valence-corrected chi connectivity index (χ0v) is 27.7. The van der Waals surface area contributed by atoms with E-state index >= 15 is 0 Å². The van der Waals surface area contributed by atoms with Gasteiger partial charge in [-0.05, 0) is 111 Å². The van der Waals surface area contributed by atoms with Gasteiger partial charge in [-0.15, -0.1) is 0 Å². The molecule has 9 aromatic rings. The number of rotatable bonds is 3. The third-order valence-electron chi connectivity index (χ3n) is 11.0. The van der Waals surface area contributed by atoms with E-state index in [4.69, 9.17) is 0 Å². The maximum atomic E-state index is 2.39. The molecule has 0 heteroatoms. The van der Waals surface area contributed by atoms with Crippen LogP contribution >= 0.6 is 0 Å². The fraction of sp³-hybridized carbons (Fsp3) is 0.0612. The first-order valence-corrected chi connectivity index (χ1v) is 17.3. The largest absolute Gasteiger partial charge is 0.0619 e. The van der Waals surface area contributed by atoms with E-state index in [1.54, 1.807) is 0 Å². The van der Waals surface area contributed by atoms with Gasteiger partial charge in [0, 0.05) is 5.41 Å². The Labute approximate surface area is 286 Å². The van der Waals surface area contributed by atoms with Crippen molar-refractivity contribution in [2.75, 3.05) is 0 Å². The second-order valence-corrected chi connectivity index (χ2v) is 14.0. The van der Waals surface area contributed by atoms with Gasteiger partial charge in [0.2, 0.25) is 0 Å². The molecule has 0 bridgehead atoms. The summed E-state index contributed by atoms with van der Waals surface area (Å²) >= 11 is 0. The van der Waals surface area contributed by atoms with Crippen molar-refractivity contribution in [3.8, 4) is 44.5 Å². The van der Waals surface area contributed by atoms with E-state index in [1.165, 1.54) is 98.7 Å². The van der Waals surface area contributed by atoms with Crippen LogP contribution in [0.3, 0.4) is 0 Å². The average molecular weight is 623 g/mol. The van der Waals surface area contributed by atoms with Gasteiger partial charge < -0.3 is 0 Å². The molecule has 49 heavy (non-hydrogen) atoms. The van der Waals surface area contributed by atoms with Gasteiger partial charge in [-0.3, -0.25) is 0 Å². The van der Waals surface area contributed by atoms with Crippen LogP contribution in [-0.4, -0.2) is 0 Å². The summed E-state index contributed by atoms with van der Waals surface area (Å²) in [6.45, 7) is 4.71. The molecule has 1 aliphatic carbocycles. The predicted octanol–water partition coefficient (Wildman–Crippen LogP) is 13.6. The predicted molar refractivity (Wildman–Crippen MR) is 210 cm³/mol. The van der Waals surface area contributed by atoms with Crippen LogP contribution in [0.2, 0.25) is 0 Å². The maximum absolute atomic E-state index is 2.39. The second-order valence-electron chi connectivity index (χ2n) is 14.0. The fourth-order valence-corrected chi connectivity index (χ4v) is 8.74. The van der Waals surface area contributed by atoms with Crippen molar-refractivity contribution in [3.63, 3.8) is 0 Å². The van der Waals surface area contributed by atoms with E-state index in [2.05, 4.69) is 184 Å². The third kappa shape index (κ3) is 4.11. The van der Waals surface area contributed by atoms with Crippen LogP contribution in [0.5, 0.6) is 0 Å². The van der Waals surface area contributed by atoms with Crippen LogP contribution < -0.4 is 0 Å². The first-order chi connectivity index (χ1) is 24.1. The number of hydrogen-bond acceptors (Lipinski definition) is 0. The molecule has 0 aliphatic heterocycles. The van der Waals surface area contributed by atoms with Gasteiger partial charge in [0.05, 0.1) is 0 Å². The topological polar surface area (TPSA) is 0 Å². The molecule has 0 radical (unpaired) electrons. The van der Waals surface area contributed by atoms with E-state index in [1.807, 2.05) is 0 Å². The minimum atomic E-state index is -0.0115. The van der Waals surface area contributed by atoms with Crippen LogP contribution in [0.25, 0.3) is 87.6 Å². The highest BCUT2D eigenvalue weighted by Gasteiger charge is 2.36. The first kappa shape index (κ1) is 28.1. The van der Waals surface area contributed by atoms with Crippen LogP contribution in [-0.2, 0) is 5.41 Å². The van der Waals surface area contributed by atoms with Gasteiger partial charge in [0.1, 0.15) is 0 Å². The zero-order valence-electron chi connectivity index (χ0n) is 27.7. The van der Waals surface area contributed by atoms with Crippen molar-refractivity contribution in [2.45, 2.75) is 19.3 Å². The molecule has 0 unspecified atom stereocenters. The smallest absolute Gasteiger partial charge is 0.0159 e. The van der Waals surface area contributed by atoms with Crippen molar-refractivity contribution in [2.24, 2.45) is 0 Å². The summed E-state index contributed by atoms with van der Waals surface area (Å²) < 4.78 is 0. The molecule has 0 amide bonds. The molecule has 0 saturated carbocycles. The molecule has 0 aromatic heterocycles. The Morgan fingerprint density at radius 3 is 1.53 bits per heavy atom. The van der Waals surface area contributed by atoms with Crippen LogP contribution in [0, 0.1) is 0 Å².